The summed E-state index contributed by atoms with van der Waals surface area (Å²) in [5.41, 5.74) is 5.77. The molecule has 0 aromatic rings. The quantitative estimate of drug-likeness (QED) is 0.745. The maximum absolute atomic E-state index is 11.9. The van der Waals surface area contributed by atoms with Gasteiger partial charge in [0.15, 0.2) is 0 Å². The van der Waals surface area contributed by atoms with Gasteiger partial charge in [0, 0.05) is 12.5 Å². The zero-order valence-electron chi connectivity index (χ0n) is 15.1. The molecule has 0 amide bonds. The summed E-state index contributed by atoms with van der Waals surface area (Å²) in [6.07, 6.45) is 1.64. The first-order valence-corrected chi connectivity index (χ1v) is 8.46. The van der Waals surface area contributed by atoms with E-state index in [9.17, 15) is 4.79 Å². The van der Waals surface area contributed by atoms with E-state index >= 15 is 0 Å². The van der Waals surface area contributed by atoms with Crippen molar-refractivity contribution in [1.82, 2.24) is 0 Å². The largest absolute Gasteiger partial charge is 0.459 e. The number of rotatable bonds is 6. The number of ether oxygens (including phenoxy) is 3. The van der Waals surface area contributed by atoms with Crippen molar-refractivity contribution < 1.29 is 19.0 Å². The highest BCUT2D eigenvalue weighted by Crippen LogP contribution is 2.24. The zero-order valence-corrected chi connectivity index (χ0v) is 15.9. The topological polar surface area (TPSA) is 70.8 Å². The molecule has 0 radical (unpaired) electrons. The van der Waals surface area contributed by atoms with Gasteiger partial charge in [0.1, 0.15) is 12.1 Å². The summed E-state index contributed by atoms with van der Waals surface area (Å²) >= 11 is 0. The van der Waals surface area contributed by atoms with Crippen LogP contribution in [0.5, 0.6) is 0 Å². The Hall–Kier alpha value is -0.360. The van der Waals surface area contributed by atoms with Crippen molar-refractivity contribution in [2.24, 2.45) is 23.5 Å². The Labute approximate surface area is 147 Å². The number of hydrogen-bond acceptors (Lipinski definition) is 5. The summed E-state index contributed by atoms with van der Waals surface area (Å²) in [5.74, 6) is 0.868. The maximum Gasteiger partial charge on any atom is 0.325 e. The average Bonchev–Trinajstić information content (AvgIpc) is 2.46. The molecule has 0 aromatic carbocycles. The predicted octanol–water partition coefficient (Wildman–Crippen LogP) is 2.79. The molecule has 1 fully saturated rings. The summed E-state index contributed by atoms with van der Waals surface area (Å²) in [4.78, 5) is 11.9. The lowest BCUT2D eigenvalue weighted by Crippen LogP contribution is -2.41. The second-order valence-corrected chi connectivity index (χ2v) is 7.21. The molecule has 23 heavy (non-hydrogen) atoms. The van der Waals surface area contributed by atoms with Gasteiger partial charge in [-0.2, -0.15) is 0 Å². The van der Waals surface area contributed by atoms with E-state index in [4.69, 9.17) is 19.9 Å². The smallest absolute Gasteiger partial charge is 0.325 e. The number of nitrogens with two attached hydrogens (primary N) is 1. The van der Waals surface area contributed by atoms with Gasteiger partial charge in [0.25, 0.3) is 0 Å². The highest BCUT2D eigenvalue weighted by molar-refractivity contribution is 5.85. The molecule has 2 N–H and O–H groups in total. The molecule has 1 aliphatic heterocycles. The van der Waals surface area contributed by atoms with Crippen molar-refractivity contribution in [2.75, 3.05) is 19.8 Å². The van der Waals surface area contributed by atoms with Crippen LogP contribution in [-0.4, -0.2) is 44.0 Å². The van der Waals surface area contributed by atoms with Crippen LogP contribution in [0.25, 0.3) is 0 Å². The first-order valence-electron chi connectivity index (χ1n) is 8.46. The SMILES string of the molecule is CC(C)CC[C@H]1COC[C@H](N)C(=O)O[C@@H](C)[C@@H]1OCC(C)C.Cl. The summed E-state index contributed by atoms with van der Waals surface area (Å²) < 4.78 is 17.2. The fourth-order valence-corrected chi connectivity index (χ4v) is 2.60. The van der Waals surface area contributed by atoms with Gasteiger partial charge in [-0.05, 0) is 25.2 Å². The standard InChI is InChI=1S/C17H33NO4.ClH/c1-11(2)6-7-14-9-20-10-15(18)17(19)22-13(5)16(14)21-8-12(3)4;/h11-16H,6-10,18H2,1-5H3;1H/t13-,14-,15-,16-;/m0./s1. The minimum Gasteiger partial charge on any atom is -0.459 e. The van der Waals surface area contributed by atoms with Crippen molar-refractivity contribution in [1.29, 1.82) is 0 Å². The molecular formula is C17H34ClNO4. The number of carbonyl (C=O) groups is 1. The molecule has 0 aliphatic carbocycles. The normalized spacial score (nSPS) is 29.5. The van der Waals surface area contributed by atoms with Crippen LogP contribution in [0.3, 0.4) is 0 Å². The lowest BCUT2D eigenvalue weighted by molar-refractivity contribution is -0.160. The molecule has 0 aromatic heterocycles. The van der Waals surface area contributed by atoms with E-state index in [1.165, 1.54) is 0 Å². The number of carbonyl (C=O) groups excluding carboxylic acids is 1. The Morgan fingerprint density at radius 2 is 1.87 bits per heavy atom. The van der Waals surface area contributed by atoms with E-state index in [-0.39, 0.29) is 37.1 Å². The summed E-state index contributed by atoms with van der Waals surface area (Å²) in [7, 11) is 0. The molecule has 1 aliphatic rings. The molecule has 5 nitrogen and oxygen atoms in total. The summed E-state index contributed by atoms with van der Waals surface area (Å²) in [6, 6.07) is -0.711. The molecule has 1 heterocycles. The van der Waals surface area contributed by atoms with E-state index in [1.807, 2.05) is 6.92 Å². The van der Waals surface area contributed by atoms with Gasteiger partial charge in [-0.1, -0.05) is 34.1 Å². The second-order valence-electron chi connectivity index (χ2n) is 7.21. The van der Waals surface area contributed by atoms with Gasteiger partial charge < -0.3 is 19.9 Å². The van der Waals surface area contributed by atoms with Crippen LogP contribution < -0.4 is 5.73 Å². The molecule has 4 atom stereocenters. The van der Waals surface area contributed by atoms with Gasteiger partial charge in [-0.3, -0.25) is 4.79 Å². The van der Waals surface area contributed by atoms with Crippen LogP contribution in [0.15, 0.2) is 0 Å². The van der Waals surface area contributed by atoms with Gasteiger partial charge in [0.05, 0.1) is 19.3 Å². The zero-order chi connectivity index (χ0) is 16.7. The molecule has 1 rings (SSSR count). The van der Waals surface area contributed by atoms with Crippen LogP contribution in [0.2, 0.25) is 0 Å². The van der Waals surface area contributed by atoms with Gasteiger partial charge in [0.2, 0.25) is 0 Å². The van der Waals surface area contributed by atoms with E-state index in [2.05, 4.69) is 27.7 Å². The second kappa shape index (κ2) is 11.2. The van der Waals surface area contributed by atoms with Crippen LogP contribution in [0, 0.1) is 17.8 Å². The van der Waals surface area contributed by atoms with Gasteiger partial charge in [-0.15, -0.1) is 12.4 Å². The summed E-state index contributed by atoms with van der Waals surface area (Å²) in [6.45, 7) is 12.0. The lowest BCUT2D eigenvalue weighted by Gasteiger charge is -2.31. The predicted molar refractivity (Wildman–Crippen MR) is 93.7 cm³/mol. The van der Waals surface area contributed by atoms with Crippen molar-refractivity contribution in [2.45, 2.75) is 65.7 Å². The summed E-state index contributed by atoms with van der Waals surface area (Å²) in [5, 5.41) is 0. The third kappa shape index (κ3) is 8.34. The number of halogens is 1. The first-order chi connectivity index (χ1) is 10.3. The lowest BCUT2D eigenvalue weighted by atomic mass is 9.91. The van der Waals surface area contributed by atoms with E-state index in [1.54, 1.807) is 0 Å². The van der Waals surface area contributed by atoms with Crippen molar-refractivity contribution >= 4 is 18.4 Å². The highest BCUT2D eigenvalue weighted by Gasteiger charge is 2.33. The molecule has 138 valence electrons. The van der Waals surface area contributed by atoms with Crippen LogP contribution >= 0.6 is 12.4 Å². The fraction of sp³-hybridized carbons (Fsp3) is 0.941. The number of esters is 1. The highest BCUT2D eigenvalue weighted by atomic mass is 35.5. The van der Waals surface area contributed by atoms with Crippen molar-refractivity contribution in [3.05, 3.63) is 0 Å². The molecule has 0 unspecified atom stereocenters. The Morgan fingerprint density at radius 3 is 2.43 bits per heavy atom. The van der Waals surface area contributed by atoms with E-state index in [0.717, 1.165) is 12.8 Å². The van der Waals surface area contributed by atoms with Gasteiger partial charge in [-0.25, -0.2) is 0 Å². The third-order valence-corrected chi connectivity index (χ3v) is 3.90. The van der Waals surface area contributed by atoms with E-state index < -0.39 is 12.0 Å². The maximum atomic E-state index is 11.9. The number of hydrogen-bond donors (Lipinski definition) is 1. The molecule has 0 spiro atoms. The van der Waals surface area contributed by atoms with Crippen molar-refractivity contribution in [3.63, 3.8) is 0 Å². The number of cyclic esters (lactones) is 1. The Morgan fingerprint density at radius 1 is 1.22 bits per heavy atom. The first kappa shape index (κ1) is 22.6. The molecule has 0 saturated carbocycles. The minimum absolute atomic E-state index is 0. The van der Waals surface area contributed by atoms with Crippen LogP contribution in [-0.2, 0) is 19.0 Å². The fourth-order valence-electron chi connectivity index (χ4n) is 2.60. The Kier molecular flexibility index (Phi) is 11.1. The molecule has 6 heteroatoms. The Bertz CT molecular complexity index is 339. The van der Waals surface area contributed by atoms with Crippen molar-refractivity contribution in [3.8, 4) is 0 Å². The van der Waals surface area contributed by atoms with E-state index in [0.29, 0.717) is 25.0 Å². The van der Waals surface area contributed by atoms with Gasteiger partial charge >= 0.3 is 5.97 Å². The third-order valence-electron chi connectivity index (χ3n) is 3.90. The van der Waals surface area contributed by atoms with Crippen LogP contribution in [0.4, 0.5) is 0 Å². The minimum atomic E-state index is -0.711. The molecule has 1 saturated heterocycles. The molecular weight excluding hydrogens is 318 g/mol. The monoisotopic (exact) mass is 351 g/mol. The van der Waals surface area contributed by atoms with Crippen LogP contribution in [0.1, 0.15) is 47.5 Å². The Balaban J connectivity index is 0.00000484. The average molecular weight is 352 g/mol. The molecule has 0 bridgehead atoms.